The van der Waals surface area contributed by atoms with Crippen molar-refractivity contribution in [3.05, 3.63) is 41.9 Å². The van der Waals surface area contributed by atoms with E-state index in [1.165, 1.54) is 6.26 Å². The van der Waals surface area contributed by atoms with Crippen LogP contribution in [0, 0.1) is 0 Å². The second kappa shape index (κ2) is 2.99. The molecule has 0 saturated carbocycles. The summed E-state index contributed by atoms with van der Waals surface area (Å²) in [6.45, 7) is 0. The number of rotatable bonds is 1. The van der Waals surface area contributed by atoms with Crippen molar-refractivity contribution in [3.63, 3.8) is 0 Å². The maximum absolute atomic E-state index is 5.53. The fourth-order valence-electron chi connectivity index (χ4n) is 0.993. The number of benzene rings is 1. The van der Waals surface area contributed by atoms with Crippen molar-refractivity contribution in [1.82, 2.24) is 4.98 Å². The molecule has 1 aromatic heterocycles. The van der Waals surface area contributed by atoms with Crippen LogP contribution < -0.4 is 0 Å². The zero-order valence-electron chi connectivity index (χ0n) is 6.20. The monoisotopic (exact) mass is 179 g/mol. The minimum atomic E-state index is 0.175. The molecular formula is C9H6ClNO. The number of hydrogen-bond donors (Lipinski definition) is 0. The molecule has 0 aliphatic carbocycles. The molecule has 2 nitrogen and oxygen atoms in total. The highest BCUT2D eigenvalue weighted by molar-refractivity contribution is 6.27. The normalized spacial score (nSPS) is 10.1. The van der Waals surface area contributed by atoms with Crippen molar-refractivity contribution >= 4 is 11.6 Å². The van der Waals surface area contributed by atoms with Crippen molar-refractivity contribution in [3.8, 4) is 11.3 Å². The molecule has 0 N–H and O–H groups in total. The number of nitrogens with zero attached hydrogens (tertiary/aromatic N) is 1. The van der Waals surface area contributed by atoms with Gasteiger partial charge in [-0.3, -0.25) is 0 Å². The smallest absolute Gasteiger partial charge is 0.292 e. The quantitative estimate of drug-likeness (QED) is 0.673. The SMILES string of the molecule is Clc1nc(-c2ccccc2)co1. The highest BCUT2D eigenvalue weighted by atomic mass is 35.5. The third kappa shape index (κ3) is 1.34. The van der Waals surface area contributed by atoms with Gasteiger partial charge in [-0.05, 0) is 11.6 Å². The van der Waals surface area contributed by atoms with Gasteiger partial charge in [-0.2, -0.15) is 4.98 Å². The first-order valence-electron chi connectivity index (χ1n) is 3.53. The zero-order chi connectivity index (χ0) is 8.39. The standard InChI is InChI=1S/C9H6ClNO/c10-9-11-8(6-12-9)7-4-2-1-3-5-7/h1-6H. The topological polar surface area (TPSA) is 26.0 Å². The summed E-state index contributed by atoms with van der Waals surface area (Å²) in [6, 6.07) is 9.74. The Morgan fingerprint density at radius 1 is 1.17 bits per heavy atom. The first-order chi connectivity index (χ1) is 5.86. The summed E-state index contributed by atoms with van der Waals surface area (Å²) in [5, 5.41) is 0.175. The van der Waals surface area contributed by atoms with E-state index in [-0.39, 0.29) is 5.35 Å². The van der Waals surface area contributed by atoms with Gasteiger partial charge in [0.1, 0.15) is 12.0 Å². The van der Waals surface area contributed by atoms with E-state index in [4.69, 9.17) is 16.0 Å². The summed E-state index contributed by atoms with van der Waals surface area (Å²) >= 11 is 5.53. The van der Waals surface area contributed by atoms with Crippen molar-refractivity contribution in [2.45, 2.75) is 0 Å². The lowest BCUT2D eigenvalue weighted by atomic mass is 10.2. The lowest BCUT2D eigenvalue weighted by molar-refractivity contribution is 0.560. The molecule has 0 radical (unpaired) electrons. The number of halogens is 1. The van der Waals surface area contributed by atoms with E-state index in [1.807, 2.05) is 30.3 Å². The van der Waals surface area contributed by atoms with E-state index >= 15 is 0 Å². The van der Waals surface area contributed by atoms with E-state index in [0.717, 1.165) is 11.3 Å². The van der Waals surface area contributed by atoms with Crippen molar-refractivity contribution in [2.75, 3.05) is 0 Å². The van der Waals surface area contributed by atoms with Gasteiger partial charge in [0.05, 0.1) is 0 Å². The van der Waals surface area contributed by atoms with Gasteiger partial charge in [-0.25, -0.2) is 0 Å². The van der Waals surface area contributed by atoms with Gasteiger partial charge in [0.25, 0.3) is 5.35 Å². The minimum absolute atomic E-state index is 0.175. The Balaban J connectivity index is 2.45. The fraction of sp³-hybridized carbons (Fsp3) is 0. The Morgan fingerprint density at radius 3 is 2.50 bits per heavy atom. The molecule has 0 spiro atoms. The van der Waals surface area contributed by atoms with E-state index in [2.05, 4.69) is 4.98 Å². The van der Waals surface area contributed by atoms with Crippen LogP contribution in [-0.2, 0) is 0 Å². The molecule has 2 aromatic rings. The predicted octanol–water partition coefficient (Wildman–Crippen LogP) is 3.00. The zero-order valence-corrected chi connectivity index (χ0v) is 6.95. The van der Waals surface area contributed by atoms with Crippen LogP contribution in [-0.4, -0.2) is 4.98 Å². The molecule has 60 valence electrons. The largest absolute Gasteiger partial charge is 0.436 e. The Hall–Kier alpha value is -1.28. The Morgan fingerprint density at radius 2 is 1.92 bits per heavy atom. The molecule has 3 heteroatoms. The molecular weight excluding hydrogens is 174 g/mol. The van der Waals surface area contributed by atoms with Gasteiger partial charge in [0.2, 0.25) is 0 Å². The highest BCUT2D eigenvalue weighted by Gasteiger charge is 2.01. The lowest BCUT2D eigenvalue weighted by Crippen LogP contribution is -1.74. The van der Waals surface area contributed by atoms with Gasteiger partial charge in [0, 0.05) is 5.56 Å². The predicted molar refractivity (Wildman–Crippen MR) is 46.9 cm³/mol. The average Bonchev–Trinajstić information content (AvgIpc) is 2.54. The molecule has 0 saturated heterocycles. The maximum atomic E-state index is 5.53. The van der Waals surface area contributed by atoms with Crippen molar-refractivity contribution in [1.29, 1.82) is 0 Å². The molecule has 0 aliphatic heterocycles. The summed E-state index contributed by atoms with van der Waals surface area (Å²) in [7, 11) is 0. The van der Waals surface area contributed by atoms with E-state index in [1.54, 1.807) is 0 Å². The van der Waals surface area contributed by atoms with E-state index in [9.17, 15) is 0 Å². The van der Waals surface area contributed by atoms with Crippen LogP contribution in [0.4, 0.5) is 0 Å². The minimum Gasteiger partial charge on any atom is -0.436 e. The first kappa shape index (κ1) is 7.37. The van der Waals surface area contributed by atoms with Crippen molar-refractivity contribution in [2.24, 2.45) is 0 Å². The average molecular weight is 180 g/mol. The Labute approximate surface area is 74.8 Å². The van der Waals surface area contributed by atoms with Crippen LogP contribution in [0.5, 0.6) is 0 Å². The summed E-state index contributed by atoms with van der Waals surface area (Å²) < 4.78 is 4.87. The van der Waals surface area contributed by atoms with Gasteiger partial charge in [-0.1, -0.05) is 30.3 Å². The molecule has 12 heavy (non-hydrogen) atoms. The van der Waals surface area contributed by atoms with Gasteiger partial charge in [-0.15, -0.1) is 0 Å². The van der Waals surface area contributed by atoms with Crippen LogP contribution in [0.2, 0.25) is 5.35 Å². The maximum Gasteiger partial charge on any atom is 0.292 e. The molecule has 0 aliphatic rings. The van der Waals surface area contributed by atoms with Crippen LogP contribution in [0.15, 0.2) is 41.0 Å². The number of hydrogen-bond acceptors (Lipinski definition) is 2. The molecule has 0 atom stereocenters. The van der Waals surface area contributed by atoms with Crippen LogP contribution in [0.1, 0.15) is 0 Å². The molecule has 1 heterocycles. The molecule has 0 bridgehead atoms. The lowest BCUT2D eigenvalue weighted by Gasteiger charge is -1.91. The summed E-state index contributed by atoms with van der Waals surface area (Å²) in [5.41, 5.74) is 1.77. The summed E-state index contributed by atoms with van der Waals surface area (Å²) in [6.07, 6.45) is 1.54. The highest BCUT2D eigenvalue weighted by Crippen LogP contribution is 2.19. The summed E-state index contributed by atoms with van der Waals surface area (Å²) in [5.74, 6) is 0. The number of aromatic nitrogens is 1. The third-order valence-electron chi connectivity index (χ3n) is 1.55. The van der Waals surface area contributed by atoms with E-state index in [0.29, 0.717) is 0 Å². The van der Waals surface area contributed by atoms with Crippen LogP contribution >= 0.6 is 11.6 Å². The van der Waals surface area contributed by atoms with Crippen molar-refractivity contribution < 1.29 is 4.42 Å². The fourth-order valence-corrected chi connectivity index (χ4v) is 1.13. The molecule has 0 amide bonds. The van der Waals surface area contributed by atoms with Gasteiger partial charge >= 0.3 is 0 Å². The van der Waals surface area contributed by atoms with Gasteiger partial charge < -0.3 is 4.42 Å². The molecule has 0 unspecified atom stereocenters. The number of oxazole rings is 1. The van der Waals surface area contributed by atoms with Crippen LogP contribution in [0.25, 0.3) is 11.3 Å². The molecule has 1 aromatic carbocycles. The second-order valence-corrected chi connectivity index (χ2v) is 2.68. The van der Waals surface area contributed by atoms with Gasteiger partial charge in [0.15, 0.2) is 0 Å². The molecule has 0 fully saturated rings. The molecule has 2 rings (SSSR count). The van der Waals surface area contributed by atoms with E-state index < -0.39 is 0 Å². The van der Waals surface area contributed by atoms with Crippen LogP contribution in [0.3, 0.4) is 0 Å². The second-order valence-electron chi connectivity index (χ2n) is 2.35. The Bertz CT molecular complexity index is 369. The third-order valence-corrected chi connectivity index (χ3v) is 1.72. The first-order valence-corrected chi connectivity index (χ1v) is 3.90. The summed E-state index contributed by atoms with van der Waals surface area (Å²) in [4.78, 5) is 3.98. The Kier molecular flexibility index (Phi) is 1.84.